The number of carboxylic acids is 1. The van der Waals surface area contributed by atoms with Gasteiger partial charge in [0.25, 0.3) is 0 Å². The lowest BCUT2D eigenvalue weighted by atomic mass is 10.1. The number of nitrogens with zero attached hydrogens (tertiary/aromatic N) is 3. The van der Waals surface area contributed by atoms with Gasteiger partial charge in [0, 0.05) is 11.3 Å². The van der Waals surface area contributed by atoms with Gasteiger partial charge in [-0.2, -0.15) is 5.26 Å². The van der Waals surface area contributed by atoms with Crippen LogP contribution in [0.5, 0.6) is 5.75 Å². The van der Waals surface area contributed by atoms with Crippen molar-refractivity contribution in [2.75, 3.05) is 0 Å². The number of aryl methyl sites for hydroxylation is 1. The zero-order chi connectivity index (χ0) is 20.6. The molecule has 0 atom stereocenters. The monoisotopic (exact) mass is 405 g/mol. The van der Waals surface area contributed by atoms with E-state index in [2.05, 4.69) is 21.3 Å². The lowest BCUT2D eigenvalue weighted by Crippen LogP contribution is -2.23. The summed E-state index contributed by atoms with van der Waals surface area (Å²) in [5.74, 6) is 0.0451. The molecule has 1 aromatic heterocycles. The quantitative estimate of drug-likeness (QED) is 0.452. The first kappa shape index (κ1) is 20.2. The van der Waals surface area contributed by atoms with Gasteiger partial charge in [0.15, 0.2) is 0 Å². The molecule has 0 spiro atoms. The number of nitriles is 1. The Hall–Kier alpha value is -3.57. The zero-order valence-corrected chi connectivity index (χ0v) is 16.4. The first-order valence-electron chi connectivity index (χ1n) is 8.81. The highest BCUT2D eigenvalue weighted by atomic mass is 32.2. The predicted octanol–water partition coefficient (Wildman–Crippen LogP) is 2.70. The second kappa shape index (κ2) is 9.57. The lowest BCUT2D eigenvalue weighted by Gasteiger charge is -2.08. The number of carboxylic acid groups (broad SMARTS) is 1. The molecular weight excluding hydrogens is 388 g/mol. The van der Waals surface area contributed by atoms with Crippen molar-refractivity contribution >= 4 is 23.8 Å². The Bertz CT molecular complexity index is 1050. The SMILES string of the molecule is CCc1nc(S/C(=C\c2ccc(OCc3ccc(C#N)cc3)cc2)C(=O)[O-])n[nH]1. The number of hydrogen-bond donors (Lipinski definition) is 1. The van der Waals surface area contributed by atoms with Crippen LogP contribution in [0.1, 0.15) is 29.4 Å². The summed E-state index contributed by atoms with van der Waals surface area (Å²) in [6.45, 7) is 2.29. The Morgan fingerprint density at radius 1 is 1.24 bits per heavy atom. The third-order valence-electron chi connectivity index (χ3n) is 3.91. The molecule has 0 radical (unpaired) electrons. The van der Waals surface area contributed by atoms with Gasteiger partial charge in [0.1, 0.15) is 18.2 Å². The van der Waals surface area contributed by atoms with Crippen LogP contribution in [0.2, 0.25) is 0 Å². The highest BCUT2D eigenvalue weighted by molar-refractivity contribution is 8.04. The molecule has 3 aromatic rings. The number of aromatic nitrogens is 3. The van der Waals surface area contributed by atoms with E-state index in [-0.39, 0.29) is 4.91 Å². The molecule has 0 fully saturated rings. The minimum absolute atomic E-state index is 0.0119. The van der Waals surface area contributed by atoms with Gasteiger partial charge in [0.05, 0.1) is 17.6 Å². The first-order chi connectivity index (χ1) is 14.1. The van der Waals surface area contributed by atoms with Crippen LogP contribution in [-0.4, -0.2) is 21.2 Å². The molecule has 7 nitrogen and oxygen atoms in total. The number of ether oxygens (including phenoxy) is 1. The molecule has 1 heterocycles. The van der Waals surface area contributed by atoms with Crippen LogP contribution in [0.15, 0.2) is 58.6 Å². The highest BCUT2D eigenvalue weighted by Crippen LogP contribution is 2.26. The van der Waals surface area contributed by atoms with Crippen LogP contribution >= 0.6 is 11.8 Å². The standard InChI is InChI=1S/C21H18N4O3S/c1-2-19-23-21(25-24-19)29-18(20(26)27)11-14-7-9-17(10-8-14)28-13-16-5-3-15(12-22)4-6-16/h3-11H,2,13H2,1H3,(H,26,27)(H,23,24,25)/p-1/b18-11-. The fourth-order valence-electron chi connectivity index (χ4n) is 2.36. The van der Waals surface area contributed by atoms with Gasteiger partial charge in [-0.15, -0.1) is 5.10 Å². The summed E-state index contributed by atoms with van der Waals surface area (Å²) in [6.07, 6.45) is 2.19. The largest absolute Gasteiger partial charge is 0.544 e. The number of thioether (sulfide) groups is 1. The van der Waals surface area contributed by atoms with E-state index in [1.807, 2.05) is 19.1 Å². The van der Waals surface area contributed by atoms with E-state index in [9.17, 15) is 9.90 Å². The molecule has 0 unspecified atom stereocenters. The zero-order valence-electron chi connectivity index (χ0n) is 15.6. The van der Waals surface area contributed by atoms with E-state index >= 15 is 0 Å². The van der Waals surface area contributed by atoms with E-state index in [1.54, 1.807) is 36.4 Å². The molecule has 0 saturated carbocycles. The summed E-state index contributed by atoms with van der Waals surface area (Å²) < 4.78 is 5.72. The van der Waals surface area contributed by atoms with Crippen LogP contribution in [-0.2, 0) is 17.8 Å². The average molecular weight is 405 g/mol. The van der Waals surface area contributed by atoms with E-state index in [0.717, 1.165) is 17.3 Å². The summed E-state index contributed by atoms with van der Waals surface area (Å²) in [5, 5.41) is 27.3. The molecule has 2 aromatic carbocycles. The Balaban J connectivity index is 1.65. The van der Waals surface area contributed by atoms with Crippen molar-refractivity contribution < 1.29 is 14.6 Å². The maximum Gasteiger partial charge on any atom is 0.213 e. The molecule has 1 N–H and O–H groups in total. The topological polar surface area (TPSA) is 115 Å². The summed E-state index contributed by atoms with van der Waals surface area (Å²) in [5.41, 5.74) is 2.23. The Morgan fingerprint density at radius 3 is 2.55 bits per heavy atom. The number of hydrogen-bond acceptors (Lipinski definition) is 7. The summed E-state index contributed by atoms with van der Waals surface area (Å²) in [7, 11) is 0. The molecule has 0 bridgehead atoms. The smallest absolute Gasteiger partial charge is 0.213 e. The molecule has 146 valence electrons. The van der Waals surface area contributed by atoms with E-state index in [0.29, 0.717) is 40.9 Å². The Kier molecular flexibility index (Phi) is 6.66. The van der Waals surface area contributed by atoms with Crippen LogP contribution < -0.4 is 9.84 Å². The second-order valence-electron chi connectivity index (χ2n) is 5.98. The van der Waals surface area contributed by atoms with Crippen LogP contribution in [0.4, 0.5) is 0 Å². The first-order valence-corrected chi connectivity index (χ1v) is 9.63. The molecule has 0 amide bonds. The lowest BCUT2D eigenvalue weighted by molar-refractivity contribution is -0.297. The van der Waals surface area contributed by atoms with Gasteiger partial charge in [-0.05, 0) is 53.2 Å². The summed E-state index contributed by atoms with van der Waals surface area (Å²) >= 11 is 0.934. The second-order valence-corrected chi connectivity index (χ2v) is 6.99. The van der Waals surface area contributed by atoms with Crippen LogP contribution in [0.3, 0.4) is 0 Å². The van der Waals surface area contributed by atoms with Gasteiger partial charge >= 0.3 is 0 Å². The third-order valence-corrected chi connectivity index (χ3v) is 4.78. The molecule has 8 heteroatoms. The number of carbonyl (C=O) groups excluding carboxylic acids is 1. The van der Waals surface area contributed by atoms with E-state index < -0.39 is 5.97 Å². The number of rotatable bonds is 8. The number of aliphatic carboxylic acids is 1. The maximum atomic E-state index is 11.4. The highest BCUT2D eigenvalue weighted by Gasteiger charge is 2.08. The molecule has 0 saturated heterocycles. The molecule has 0 aliphatic heterocycles. The van der Waals surface area contributed by atoms with Crippen molar-refractivity contribution in [3.63, 3.8) is 0 Å². The molecule has 0 aliphatic rings. The van der Waals surface area contributed by atoms with Gasteiger partial charge in [0.2, 0.25) is 5.16 Å². The third kappa shape index (κ3) is 5.70. The fraction of sp³-hybridized carbons (Fsp3) is 0.143. The maximum absolute atomic E-state index is 11.4. The van der Waals surface area contributed by atoms with Gasteiger partial charge in [-0.25, -0.2) is 4.98 Å². The number of carbonyl (C=O) groups is 1. The number of H-pyrrole nitrogens is 1. The minimum atomic E-state index is -1.29. The van der Waals surface area contributed by atoms with Crippen molar-refractivity contribution in [3.05, 3.63) is 76.0 Å². The molecule has 3 rings (SSSR count). The fourth-order valence-corrected chi connectivity index (χ4v) is 3.09. The Labute approximate surface area is 172 Å². The number of aromatic amines is 1. The van der Waals surface area contributed by atoms with Gasteiger partial charge in [-0.3, -0.25) is 5.10 Å². The van der Waals surface area contributed by atoms with Crippen molar-refractivity contribution in [2.24, 2.45) is 0 Å². The van der Waals surface area contributed by atoms with Crippen molar-refractivity contribution in [1.82, 2.24) is 15.2 Å². The summed E-state index contributed by atoms with van der Waals surface area (Å²) in [4.78, 5) is 15.7. The normalized spacial score (nSPS) is 11.1. The van der Waals surface area contributed by atoms with E-state index in [1.165, 1.54) is 6.08 Å². The van der Waals surface area contributed by atoms with E-state index in [4.69, 9.17) is 10.00 Å². The summed E-state index contributed by atoms with van der Waals surface area (Å²) in [6, 6.07) is 16.3. The van der Waals surface area contributed by atoms with Gasteiger partial charge < -0.3 is 14.6 Å². The van der Waals surface area contributed by atoms with Crippen molar-refractivity contribution in [2.45, 2.75) is 25.1 Å². The average Bonchev–Trinajstić information content (AvgIpc) is 3.21. The number of benzene rings is 2. The Morgan fingerprint density at radius 2 is 1.97 bits per heavy atom. The number of nitrogens with one attached hydrogen (secondary N) is 1. The molecule has 29 heavy (non-hydrogen) atoms. The van der Waals surface area contributed by atoms with Crippen LogP contribution in [0, 0.1) is 11.3 Å². The minimum Gasteiger partial charge on any atom is -0.544 e. The molecule has 0 aliphatic carbocycles. The molecular formula is C21H17N4O3S-. The van der Waals surface area contributed by atoms with Gasteiger partial charge in [-0.1, -0.05) is 31.2 Å². The van der Waals surface area contributed by atoms with Crippen LogP contribution in [0.25, 0.3) is 6.08 Å². The van der Waals surface area contributed by atoms with Crippen molar-refractivity contribution in [1.29, 1.82) is 5.26 Å². The predicted molar refractivity (Wildman–Crippen MR) is 107 cm³/mol. The van der Waals surface area contributed by atoms with Crippen molar-refractivity contribution in [3.8, 4) is 11.8 Å².